The molecule has 2 amide bonds. The Labute approximate surface area is 100 Å². The topological polar surface area (TPSA) is 72.2 Å². The minimum atomic E-state index is -0.403. The maximum absolute atomic E-state index is 11.8. The fourth-order valence-corrected chi connectivity index (χ4v) is 2.11. The summed E-state index contributed by atoms with van der Waals surface area (Å²) in [6.07, 6.45) is 3.51. The number of fused-ring (bicyclic) bond motifs is 1. The molecule has 0 aliphatic heterocycles. The molecule has 4 heteroatoms. The molecular weight excluding hydrogens is 216 g/mol. The van der Waals surface area contributed by atoms with Crippen LogP contribution in [0.2, 0.25) is 0 Å². The number of carbonyl (C=O) groups is 2. The summed E-state index contributed by atoms with van der Waals surface area (Å²) in [5.41, 5.74) is 8.28. The number of nitrogens with two attached hydrogens (primary N) is 1. The highest BCUT2D eigenvalue weighted by Gasteiger charge is 2.13. The van der Waals surface area contributed by atoms with Gasteiger partial charge in [0.1, 0.15) is 0 Å². The maximum atomic E-state index is 11.8. The van der Waals surface area contributed by atoms with Crippen molar-refractivity contribution in [2.24, 2.45) is 5.73 Å². The smallest absolute Gasteiger partial charge is 0.251 e. The van der Waals surface area contributed by atoms with Crippen LogP contribution in [0.4, 0.5) is 0 Å². The standard InChI is InChI=1S/C13H16N2O2/c14-12(16)6-7-15-13(17)11-5-4-9-2-1-3-10(9)8-11/h4-5,8H,1-3,6-7H2,(H2,14,16)(H,15,17). The third kappa shape index (κ3) is 2.84. The lowest BCUT2D eigenvalue weighted by Crippen LogP contribution is -2.27. The van der Waals surface area contributed by atoms with Gasteiger partial charge in [0.15, 0.2) is 0 Å². The molecule has 1 aromatic rings. The average molecular weight is 232 g/mol. The normalized spacial score (nSPS) is 13.2. The van der Waals surface area contributed by atoms with Gasteiger partial charge in [-0.1, -0.05) is 6.07 Å². The predicted molar refractivity (Wildman–Crippen MR) is 64.6 cm³/mol. The van der Waals surface area contributed by atoms with E-state index in [0.717, 1.165) is 12.8 Å². The molecule has 0 fully saturated rings. The molecule has 1 aliphatic carbocycles. The van der Waals surface area contributed by atoms with E-state index in [-0.39, 0.29) is 12.3 Å². The van der Waals surface area contributed by atoms with Gasteiger partial charge in [-0.3, -0.25) is 9.59 Å². The first-order valence-electron chi connectivity index (χ1n) is 5.85. The molecule has 3 N–H and O–H groups in total. The molecule has 0 bridgehead atoms. The number of rotatable bonds is 4. The Hall–Kier alpha value is -1.84. The fraction of sp³-hybridized carbons (Fsp3) is 0.385. The number of hydrogen-bond donors (Lipinski definition) is 2. The van der Waals surface area contributed by atoms with Crippen molar-refractivity contribution in [2.45, 2.75) is 25.7 Å². The monoisotopic (exact) mass is 232 g/mol. The molecule has 0 spiro atoms. The van der Waals surface area contributed by atoms with Crippen molar-refractivity contribution in [3.05, 3.63) is 34.9 Å². The number of aryl methyl sites for hydroxylation is 2. The zero-order valence-electron chi connectivity index (χ0n) is 9.66. The minimum absolute atomic E-state index is 0.138. The van der Waals surface area contributed by atoms with E-state index in [2.05, 4.69) is 5.32 Å². The molecule has 1 aromatic carbocycles. The fourth-order valence-electron chi connectivity index (χ4n) is 2.11. The van der Waals surface area contributed by atoms with Gasteiger partial charge in [-0.05, 0) is 42.5 Å². The second kappa shape index (κ2) is 4.99. The van der Waals surface area contributed by atoms with Crippen molar-refractivity contribution in [2.75, 3.05) is 6.54 Å². The zero-order valence-corrected chi connectivity index (χ0v) is 9.66. The van der Waals surface area contributed by atoms with Crippen LogP contribution in [-0.4, -0.2) is 18.4 Å². The van der Waals surface area contributed by atoms with E-state index in [0.29, 0.717) is 12.1 Å². The summed E-state index contributed by atoms with van der Waals surface area (Å²) in [4.78, 5) is 22.3. The Kier molecular flexibility index (Phi) is 3.42. The van der Waals surface area contributed by atoms with Crippen LogP contribution in [0.25, 0.3) is 0 Å². The highest BCUT2D eigenvalue weighted by Crippen LogP contribution is 2.22. The molecule has 0 saturated carbocycles. The summed E-state index contributed by atoms with van der Waals surface area (Å²) in [6, 6.07) is 5.80. The lowest BCUT2D eigenvalue weighted by atomic mass is 10.1. The van der Waals surface area contributed by atoms with E-state index in [1.54, 1.807) is 0 Å². The summed E-state index contributed by atoms with van der Waals surface area (Å²) in [6.45, 7) is 0.297. The third-order valence-electron chi connectivity index (χ3n) is 3.02. The van der Waals surface area contributed by atoms with Crippen LogP contribution in [0.5, 0.6) is 0 Å². The zero-order chi connectivity index (χ0) is 12.3. The van der Waals surface area contributed by atoms with Crippen molar-refractivity contribution in [1.82, 2.24) is 5.32 Å². The third-order valence-corrected chi connectivity index (χ3v) is 3.02. The van der Waals surface area contributed by atoms with Gasteiger partial charge in [0, 0.05) is 18.5 Å². The van der Waals surface area contributed by atoms with Crippen LogP contribution in [0.1, 0.15) is 34.3 Å². The van der Waals surface area contributed by atoms with Gasteiger partial charge in [0.05, 0.1) is 0 Å². The molecular formula is C13H16N2O2. The SMILES string of the molecule is NC(=O)CCNC(=O)c1ccc2c(c1)CCC2. The van der Waals surface area contributed by atoms with Crippen LogP contribution >= 0.6 is 0 Å². The van der Waals surface area contributed by atoms with Gasteiger partial charge in [0.2, 0.25) is 5.91 Å². The average Bonchev–Trinajstić information content (AvgIpc) is 2.75. The number of primary amides is 1. The molecule has 2 rings (SSSR count). The molecule has 0 atom stereocenters. The van der Waals surface area contributed by atoms with Gasteiger partial charge < -0.3 is 11.1 Å². The molecule has 0 unspecified atom stereocenters. The van der Waals surface area contributed by atoms with Crippen molar-refractivity contribution in [3.63, 3.8) is 0 Å². The van der Waals surface area contributed by atoms with E-state index >= 15 is 0 Å². The van der Waals surface area contributed by atoms with Crippen LogP contribution in [0.15, 0.2) is 18.2 Å². The van der Waals surface area contributed by atoms with Gasteiger partial charge in [0.25, 0.3) is 5.91 Å². The number of nitrogens with one attached hydrogen (secondary N) is 1. The molecule has 4 nitrogen and oxygen atoms in total. The van der Waals surface area contributed by atoms with Crippen LogP contribution in [0.3, 0.4) is 0 Å². The largest absolute Gasteiger partial charge is 0.370 e. The number of amides is 2. The summed E-state index contributed by atoms with van der Waals surface area (Å²) >= 11 is 0. The summed E-state index contributed by atoms with van der Waals surface area (Å²) in [5.74, 6) is -0.541. The molecule has 0 radical (unpaired) electrons. The second-order valence-electron chi connectivity index (χ2n) is 4.31. The summed E-state index contributed by atoms with van der Waals surface area (Å²) in [7, 11) is 0. The Balaban J connectivity index is 1.97. The van der Waals surface area contributed by atoms with Gasteiger partial charge >= 0.3 is 0 Å². The van der Waals surface area contributed by atoms with Crippen molar-refractivity contribution < 1.29 is 9.59 Å². The van der Waals surface area contributed by atoms with Gasteiger partial charge in [-0.25, -0.2) is 0 Å². The molecule has 0 aromatic heterocycles. The van der Waals surface area contributed by atoms with Crippen LogP contribution in [-0.2, 0) is 17.6 Å². The Morgan fingerprint density at radius 2 is 2.00 bits per heavy atom. The van der Waals surface area contributed by atoms with Gasteiger partial charge in [-0.15, -0.1) is 0 Å². The van der Waals surface area contributed by atoms with Crippen molar-refractivity contribution >= 4 is 11.8 Å². The molecule has 0 heterocycles. The van der Waals surface area contributed by atoms with E-state index in [9.17, 15) is 9.59 Å². The Morgan fingerprint density at radius 1 is 1.24 bits per heavy atom. The highest BCUT2D eigenvalue weighted by molar-refractivity contribution is 5.94. The molecule has 17 heavy (non-hydrogen) atoms. The molecule has 0 saturated heterocycles. The molecule has 1 aliphatic rings. The first-order valence-corrected chi connectivity index (χ1v) is 5.85. The number of hydrogen-bond acceptors (Lipinski definition) is 2. The first-order chi connectivity index (χ1) is 8.16. The Bertz CT molecular complexity index is 455. The second-order valence-corrected chi connectivity index (χ2v) is 4.31. The highest BCUT2D eigenvalue weighted by atomic mass is 16.2. The van der Waals surface area contributed by atoms with Crippen LogP contribution in [0, 0.1) is 0 Å². The minimum Gasteiger partial charge on any atom is -0.370 e. The lowest BCUT2D eigenvalue weighted by Gasteiger charge is -2.06. The van der Waals surface area contributed by atoms with Crippen LogP contribution < -0.4 is 11.1 Å². The summed E-state index contributed by atoms with van der Waals surface area (Å²) < 4.78 is 0. The summed E-state index contributed by atoms with van der Waals surface area (Å²) in [5, 5.41) is 2.68. The number of benzene rings is 1. The van der Waals surface area contributed by atoms with Crippen molar-refractivity contribution in [3.8, 4) is 0 Å². The van der Waals surface area contributed by atoms with Crippen molar-refractivity contribution in [1.29, 1.82) is 0 Å². The molecule has 90 valence electrons. The quantitative estimate of drug-likeness (QED) is 0.805. The van der Waals surface area contributed by atoms with Gasteiger partial charge in [-0.2, -0.15) is 0 Å². The van der Waals surface area contributed by atoms with E-state index < -0.39 is 5.91 Å². The number of carbonyl (C=O) groups excluding carboxylic acids is 2. The maximum Gasteiger partial charge on any atom is 0.251 e. The van der Waals surface area contributed by atoms with E-state index in [1.165, 1.54) is 17.5 Å². The predicted octanol–water partition coefficient (Wildman–Crippen LogP) is 0.780. The van der Waals surface area contributed by atoms with E-state index in [1.807, 2.05) is 18.2 Å². The lowest BCUT2D eigenvalue weighted by molar-refractivity contribution is -0.117. The van der Waals surface area contributed by atoms with E-state index in [4.69, 9.17) is 5.73 Å². The Morgan fingerprint density at radius 3 is 2.76 bits per heavy atom. The first kappa shape index (κ1) is 11.6.